The van der Waals surface area contributed by atoms with Crippen LogP contribution in [0.1, 0.15) is 56.3 Å². The van der Waals surface area contributed by atoms with Gasteiger partial charge in [-0.15, -0.1) is 0 Å². The van der Waals surface area contributed by atoms with Crippen LogP contribution < -0.4 is 4.74 Å². The van der Waals surface area contributed by atoms with E-state index in [1.54, 1.807) is 18.2 Å². The van der Waals surface area contributed by atoms with Gasteiger partial charge in [-0.2, -0.15) is 5.10 Å². The van der Waals surface area contributed by atoms with E-state index in [0.29, 0.717) is 36.5 Å². The number of rotatable bonds is 6. The number of nitrogens with one attached hydrogen (secondary N) is 1. The highest BCUT2D eigenvalue weighted by molar-refractivity contribution is 5.97. The van der Waals surface area contributed by atoms with Gasteiger partial charge in [0.1, 0.15) is 5.75 Å². The molecule has 172 valence electrons. The van der Waals surface area contributed by atoms with Crippen LogP contribution in [0.3, 0.4) is 0 Å². The number of carbonyl (C=O) groups excluding carboxylic acids is 2. The minimum atomic E-state index is -0.0504. The Bertz CT molecular complexity index is 1120. The number of H-pyrrole nitrogens is 1. The van der Waals surface area contributed by atoms with Crippen LogP contribution in [0.4, 0.5) is 0 Å². The quantitative estimate of drug-likeness (QED) is 0.620. The van der Waals surface area contributed by atoms with Crippen molar-refractivity contribution in [2.75, 3.05) is 27.2 Å². The minimum Gasteiger partial charge on any atom is -0.496 e. The molecule has 1 aliphatic rings. The maximum atomic E-state index is 13.1. The third-order valence-electron chi connectivity index (χ3n) is 6.35. The molecule has 1 N–H and O–H groups in total. The highest BCUT2D eigenvalue weighted by Crippen LogP contribution is 2.31. The molecule has 7 heteroatoms. The Morgan fingerprint density at radius 1 is 1.09 bits per heavy atom. The molecule has 0 bridgehead atoms. The number of nitrogens with zero attached hydrogens (tertiary/aromatic N) is 3. The number of aromatic nitrogens is 2. The first-order valence-corrected chi connectivity index (χ1v) is 11.2. The number of aryl methyl sites for hydroxylation is 1. The summed E-state index contributed by atoms with van der Waals surface area (Å²) in [6.07, 6.45) is 3.16. The van der Waals surface area contributed by atoms with E-state index in [-0.39, 0.29) is 17.7 Å². The first-order valence-electron chi connectivity index (χ1n) is 11.2. The van der Waals surface area contributed by atoms with Crippen molar-refractivity contribution >= 4 is 11.8 Å². The zero-order valence-corrected chi connectivity index (χ0v) is 19.4. The van der Waals surface area contributed by atoms with E-state index in [9.17, 15) is 9.59 Å². The van der Waals surface area contributed by atoms with Gasteiger partial charge in [0.2, 0.25) is 0 Å². The number of benzene rings is 2. The van der Waals surface area contributed by atoms with Gasteiger partial charge in [0.15, 0.2) is 0 Å². The van der Waals surface area contributed by atoms with Gasteiger partial charge >= 0.3 is 0 Å². The van der Waals surface area contributed by atoms with Crippen LogP contribution >= 0.6 is 0 Å². The third kappa shape index (κ3) is 4.77. The van der Waals surface area contributed by atoms with Gasteiger partial charge in [0.05, 0.1) is 30.1 Å². The molecule has 4 rings (SSSR count). The lowest BCUT2D eigenvalue weighted by Crippen LogP contribution is -2.38. The zero-order valence-electron chi connectivity index (χ0n) is 19.4. The standard InChI is InChI=1S/C26H30N4O3/c1-18-8-7-11-21(24(18)33-3)26(32)30-14-12-20(13-15-30)23-22(16-27-28-23)25(31)29(2)17-19-9-5-4-6-10-19/h4-11,16,20H,12-15,17H2,1-3H3,(H,27,28). The predicted octanol–water partition coefficient (Wildman–Crippen LogP) is 4.02. The van der Waals surface area contributed by atoms with E-state index in [0.717, 1.165) is 29.7 Å². The van der Waals surface area contributed by atoms with Crippen LogP contribution in [0.2, 0.25) is 0 Å². The van der Waals surface area contributed by atoms with Crippen LogP contribution in [0.15, 0.2) is 54.7 Å². The van der Waals surface area contributed by atoms with Gasteiger partial charge in [-0.1, -0.05) is 42.5 Å². The molecule has 1 saturated heterocycles. The average molecular weight is 447 g/mol. The van der Waals surface area contributed by atoms with Crippen LogP contribution in [0, 0.1) is 6.92 Å². The molecule has 7 nitrogen and oxygen atoms in total. The molecule has 0 atom stereocenters. The molecule has 0 unspecified atom stereocenters. The molecule has 2 heterocycles. The Morgan fingerprint density at radius 2 is 1.82 bits per heavy atom. The smallest absolute Gasteiger partial charge is 0.257 e. The van der Waals surface area contributed by atoms with Crippen LogP contribution in [-0.2, 0) is 6.54 Å². The Kier molecular flexibility index (Phi) is 6.77. The van der Waals surface area contributed by atoms with Crippen molar-refractivity contribution < 1.29 is 14.3 Å². The molecule has 0 radical (unpaired) electrons. The molecule has 3 aromatic rings. The van der Waals surface area contributed by atoms with E-state index in [1.165, 1.54) is 0 Å². The molecule has 2 aromatic carbocycles. The molecule has 1 fully saturated rings. The number of hydrogen-bond acceptors (Lipinski definition) is 4. The summed E-state index contributed by atoms with van der Waals surface area (Å²) in [5, 5.41) is 7.23. The number of carbonyl (C=O) groups is 2. The predicted molar refractivity (Wildman–Crippen MR) is 126 cm³/mol. The summed E-state index contributed by atoms with van der Waals surface area (Å²) in [4.78, 5) is 29.8. The molecule has 0 aliphatic carbocycles. The number of amides is 2. The van der Waals surface area contributed by atoms with Crippen molar-refractivity contribution in [2.24, 2.45) is 0 Å². The minimum absolute atomic E-state index is 0.0162. The first kappa shape index (κ1) is 22.6. The lowest BCUT2D eigenvalue weighted by Gasteiger charge is -2.32. The molecule has 0 spiro atoms. The number of hydrogen-bond donors (Lipinski definition) is 1. The largest absolute Gasteiger partial charge is 0.496 e. The summed E-state index contributed by atoms with van der Waals surface area (Å²) in [5.74, 6) is 0.718. The summed E-state index contributed by atoms with van der Waals surface area (Å²) < 4.78 is 5.47. The zero-order chi connectivity index (χ0) is 23.4. The normalized spacial score (nSPS) is 14.2. The molecule has 33 heavy (non-hydrogen) atoms. The van der Waals surface area contributed by atoms with Crippen molar-refractivity contribution in [2.45, 2.75) is 32.2 Å². The van der Waals surface area contributed by atoms with Crippen molar-refractivity contribution in [3.8, 4) is 5.75 Å². The van der Waals surface area contributed by atoms with Gasteiger partial charge in [-0.25, -0.2) is 0 Å². The Hall–Kier alpha value is -3.61. The lowest BCUT2D eigenvalue weighted by atomic mass is 9.90. The molecular weight excluding hydrogens is 416 g/mol. The molecule has 2 amide bonds. The number of piperidine rings is 1. The fourth-order valence-corrected chi connectivity index (χ4v) is 4.55. The van der Waals surface area contributed by atoms with Crippen molar-refractivity contribution in [1.29, 1.82) is 0 Å². The van der Waals surface area contributed by atoms with Crippen molar-refractivity contribution in [3.05, 3.63) is 82.7 Å². The first-order chi connectivity index (χ1) is 16.0. The summed E-state index contributed by atoms with van der Waals surface area (Å²) in [5.41, 5.74) is 4.09. The third-order valence-corrected chi connectivity index (χ3v) is 6.35. The van der Waals surface area contributed by atoms with Gasteiger partial charge in [0.25, 0.3) is 11.8 Å². The van der Waals surface area contributed by atoms with Crippen LogP contribution in [-0.4, -0.2) is 59.1 Å². The number of para-hydroxylation sites is 1. The van der Waals surface area contributed by atoms with E-state index < -0.39 is 0 Å². The molecule has 1 aromatic heterocycles. The van der Waals surface area contributed by atoms with Gasteiger partial charge in [0, 0.05) is 32.6 Å². The Balaban J connectivity index is 1.42. The number of methoxy groups -OCH3 is 1. The Labute approximate surface area is 194 Å². The second kappa shape index (κ2) is 9.90. The maximum Gasteiger partial charge on any atom is 0.257 e. The van der Waals surface area contributed by atoms with E-state index in [2.05, 4.69) is 10.2 Å². The monoisotopic (exact) mass is 446 g/mol. The van der Waals surface area contributed by atoms with Crippen molar-refractivity contribution in [1.82, 2.24) is 20.0 Å². The highest BCUT2D eigenvalue weighted by atomic mass is 16.5. The van der Waals surface area contributed by atoms with Gasteiger partial charge in [-0.05, 0) is 37.0 Å². The summed E-state index contributed by atoms with van der Waals surface area (Å²) in [6.45, 7) is 3.71. The van der Waals surface area contributed by atoms with Crippen LogP contribution in [0.5, 0.6) is 5.75 Å². The lowest BCUT2D eigenvalue weighted by molar-refractivity contribution is 0.0703. The van der Waals surface area contributed by atoms with Gasteiger partial charge < -0.3 is 14.5 Å². The summed E-state index contributed by atoms with van der Waals surface area (Å²) in [7, 11) is 3.40. The topological polar surface area (TPSA) is 78.5 Å². The fraction of sp³-hybridized carbons (Fsp3) is 0.346. The van der Waals surface area contributed by atoms with Gasteiger partial charge in [-0.3, -0.25) is 14.7 Å². The number of likely N-dealkylation sites (tertiary alicyclic amines) is 1. The van der Waals surface area contributed by atoms with E-state index in [1.807, 2.05) is 67.4 Å². The maximum absolute atomic E-state index is 13.1. The van der Waals surface area contributed by atoms with E-state index in [4.69, 9.17) is 4.74 Å². The molecular formula is C26H30N4O3. The summed E-state index contributed by atoms with van der Waals surface area (Å²) in [6, 6.07) is 15.6. The highest BCUT2D eigenvalue weighted by Gasteiger charge is 2.30. The summed E-state index contributed by atoms with van der Waals surface area (Å²) >= 11 is 0. The Morgan fingerprint density at radius 3 is 2.52 bits per heavy atom. The SMILES string of the molecule is COc1c(C)cccc1C(=O)N1CCC(c2[nH]ncc2C(=O)N(C)Cc2ccccc2)CC1. The van der Waals surface area contributed by atoms with E-state index >= 15 is 0 Å². The number of aromatic amines is 1. The van der Waals surface area contributed by atoms with Crippen molar-refractivity contribution in [3.63, 3.8) is 0 Å². The number of ether oxygens (including phenoxy) is 1. The second-order valence-electron chi connectivity index (χ2n) is 8.57. The fourth-order valence-electron chi connectivity index (χ4n) is 4.55. The second-order valence-corrected chi connectivity index (χ2v) is 8.57. The van der Waals surface area contributed by atoms with Crippen LogP contribution in [0.25, 0.3) is 0 Å². The molecule has 1 aliphatic heterocycles. The average Bonchev–Trinajstić information content (AvgIpc) is 3.33. The molecule has 0 saturated carbocycles.